The number of benzene rings is 1. The molecule has 0 unspecified atom stereocenters. The van der Waals surface area contributed by atoms with Crippen LogP contribution in [-0.2, 0) is 10.2 Å². The number of nitrogens with zero attached hydrogens (tertiary/aromatic N) is 2. The van der Waals surface area contributed by atoms with Crippen molar-refractivity contribution in [2.75, 3.05) is 32.7 Å². The van der Waals surface area contributed by atoms with Crippen LogP contribution in [0.2, 0.25) is 0 Å². The number of β-amino-alcohol motifs (C(OH)–C–C–N with tert-alkyl or cyclic N) is 1. The summed E-state index contributed by atoms with van der Waals surface area (Å²) in [5, 5.41) is 9.44. The van der Waals surface area contributed by atoms with Gasteiger partial charge in [0.2, 0.25) is 5.91 Å². The van der Waals surface area contributed by atoms with E-state index in [1.165, 1.54) is 12.1 Å². The molecule has 1 aromatic carbocycles. The second-order valence-corrected chi connectivity index (χ2v) is 6.53. The zero-order valence-corrected chi connectivity index (χ0v) is 13.0. The van der Waals surface area contributed by atoms with Gasteiger partial charge in [-0.2, -0.15) is 0 Å². The van der Waals surface area contributed by atoms with E-state index in [2.05, 4.69) is 4.90 Å². The lowest BCUT2D eigenvalue weighted by molar-refractivity contribution is -0.135. The van der Waals surface area contributed by atoms with Gasteiger partial charge in [0.15, 0.2) is 0 Å². The van der Waals surface area contributed by atoms with Gasteiger partial charge in [0.25, 0.3) is 0 Å². The summed E-state index contributed by atoms with van der Waals surface area (Å²) in [6.07, 6.45) is 1.37. The molecule has 1 saturated heterocycles. The molecular weight excluding hydrogens is 283 g/mol. The van der Waals surface area contributed by atoms with Gasteiger partial charge in [-0.15, -0.1) is 0 Å². The van der Waals surface area contributed by atoms with E-state index in [0.29, 0.717) is 19.6 Å². The van der Waals surface area contributed by atoms with Crippen LogP contribution in [0.1, 0.15) is 25.3 Å². The van der Waals surface area contributed by atoms with Gasteiger partial charge >= 0.3 is 0 Å². The molecule has 0 aromatic heterocycles. The van der Waals surface area contributed by atoms with Gasteiger partial charge in [0.05, 0.1) is 11.5 Å². The van der Waals surface area contributed by atoms with Crippen molar-refractivity contribution in [1.29, 1.82) is 0 Å². The topological polar surface area (TPSA) is 43.8 Å². The minimum absolute atomic E-state index is 0.177. The Labute approximate surface area is 130 Å². The number of hydrogen-bond acceptors (Lipinski definition) is 3. The van der Waals surface area contributed by atoms with Gasteiger partial charge in [-0.3, -0.25) is 9.69 Å². The molecular formula is C17H23FN2O2. The number of piperazine rings is 1. The van der Waals surface area contributed by atoms with Crippen LogP contribution in [0.4, 0.5) is 4.39 Å². The van der Waals surface area contributed by atoms with Crippen molar-refractivity contribution < 1.29 is 14.3 Å². The number of carbonyl (C=O) groups is 1. The highest BCUT2D eigenvalue weighted by Crippen LogP contribution is 2.49. The van der Waals surface area contributed by atoms with Crippen LogP contribution in [0.25, 0.3) is 0 Å². The predicted octanol–water partition coefficient (Wildman–Crippen LogP) is 1.38. The average molecular weight is 306 g/mol. The van der Waals surface area contributed by atoms with Crippen molar-refractivity contribution in [2.24, 2.45) is 0 Å². The first-order valence-electron chi connectivity index (χ1n) is 7.97. The standard InChI is InChI=1S/C17H23FN2O2/c1-13(21)12-19-8-10-20(11-9-19)16(22)17(6-7-17)14-2-4-15(18)5-3-14/h2-5,13,21H,6-12H2,1H3/t13-/m0/s1. The molecule has 0 spiro atoms. The highest BCUT2D eigenvalue weighted by atomic mass is 19.1. The molecule has 0 bridgehead atoms. The van der Waals surface area contributed by atoms with Crippen LogP contribution in [0.3, 0.4) is 0 Å². The second-order valence-electron chi connectivity index (χ2n) is 6.53. The van der Waals surface area contributed by atoms with E-state index in [1.54, 1.807) is 19.1 Å². The fourth-order valence-corrected chi connectivity index (χ4v) is 3.33. The van der Waals surface area contributed by atoms with Gasteiger partial charge in [0, 0.05) is 32.7 Å². The Morgan fingerprint density at radius 1 is 1.23 bits per heavy atom. The summed E-state index contributed by atoms with van der Waals surface area (Å²) in [5.41, 5.74) is 0.519. The summed E-state index contributed by atoms with van der Waals surface area (Å²) < 4.78 is 13.1. The Morgan fingerprint density at radius 3 is 2.32 bits per heavy atom. The molecule has 1 aliphatic carbocycles. The third-order valence-corrected chi connectivity index (χ3v) is 4.74. The Hall–Kier alpha value is -1.46. The number of carbonyl (C=O) groups excluding carboxylic acids is 1. The van der Waals surface area contributed by atoms with Crippen LogP contribution >= 0.6 is 0 Å². The maximum absolute atomic E-state index is 13.1. The van der Waals surface area contributed by atoms with Gasteiger partial charge in [0.1, 0.15) is 5.82 Å². The molecule has 2 fully saturated rings. The van der Waals surface area contributed by atoms with Gasteiger partial charge in [-0.1, -0.05) is 12.1 Å². The molecule has 1 heterocycles. The summed E-state index contributed by atoms with van der Waals surface area (Å²) in [4.78, 5) is 17.0. The number of hydrogen-bond donors (Lipinski definition) is 1. The zero-order valence-electron chi connectivity index (χ0n) is 13.0. The van der Waals surface area contributed by atoms with E-state index in [9.17, 15) is 14.3 Å². The second kappa shape index (κ2) is 5.97. The number of rotatable bonds is 4. The Balaban J connectivity index is 1.64. The largest absolute Gasteiger partial charge is 0.392 e. The molecule has 1 aliphatic heterocycles. The van der Waals surface area contributed by atoms with Crippen LogP contribution < -0.4 is 0 Å². The lowest BCUT2D eigenvalue weighted by atomic mass is 9.94. The fourth-order valence-electron chi connectivity index (χ4n) is 3.33. The Bertz CT molecular complexity index is 532. The lowest BCUT2D eigenvalue weighted by Crippen LogP contribution is -2.52. The summed E-state index contributed by atoms with van der Waals surface area (Å²) in [6.45, 7) is 5.45. The van der Waals surface area contributed by atoms with E-state index >= 15 is 0 Å². The maximum Gasteiger partial charge on any atom is 0.233 e. The molecule has 1 aromatic rings. The predicted molar refractivity (Wildman–Crippen MR) is 82.0 cm³/mol. The molecule has 120 valence electrons. The van der Waals surface area contributed by atoms with E-state index < -0.39 is 5.41 Å². The van der Waals surface area contributed by atoms with E-state index in [1.807, 2.05) is 4.90 Å². The Kier molecular flexibility index (Phi) is 4.19. The lowest BCUT2D eigenvalue weighted by Gasteiger charge is -2.37. The number of aliphatic hydroxyl groups excluding tert-OH is 1. The molecule has 1 atom stereocenters. The van der Waals surface area contributed by atoms with Crippen molar-refractivity contribution in [1.82, 2.24) is 9.80 Å². The van der Waals surface area contributed by atoms with Crippen molar-refractivity contribution >= 4 is 5.91 Å². The molecule has 4 nitrogen and oxygen atoms in total. The van der Waals surface area contributed by atoms with Crippen LogP contribution in [0.15, 0.2) is 24.3 Å². The SMILES string of the molecule is C[C@H](O)CN1CCN(C(=O)C2(c3ccc(F)cc3)CC2)CC1. The molecule has 2 aliphatic rings. The van der Waals surface area contributed by atoms with Crippen molar-refractivity contribution in [3.05, 3.63) is 35.6 Å². The minimum Gasteiger partial charge on any atom is -0.392 e. The van der Waals surface area contributed by atoms with E-state index in [4.69, 9.17) is 0 Å². The summed E-state index contributed by atoms with van der Waals surface area (Å²) in [6, 6.07) is 6.35. The third-order valence-electron chi connectivity index (χ3n) is 4.74. The monoisotopic (exact) mass is 306 g/mol. The van der Waals surface area contributed by atoms with Gasteiger partial charge < -0.3 is 10.0 Å². The van der Waals surface area contributed by atoms with Crippen molar-refractivity contribution in [3.63, 3.8) is 0 Å². The molecule has 1 N–H and O–H groups in total. The smallest absolute Gasteiger partial charge is 0.233 e. The zero-order chi connectivity index (χ0) is 15.7. The normalized spacial score (nSPS) is 22.4. The van der Waals surface area contributed by atoms with Gasteiger partial charge in [-0.25, -0.2) is 4.39 Å². The molecule has 1 amide bonds. The number of amides is 1. The average Bonchev–Trinajstić information content (AvgIpc) is 3.29. The Morgan fingerprint density at radius 2 is 1.82 bits per heavy atom. The molecule has 1 saturated carbocycles. The number of halogens is 1. The van der Waals surface area contributed by atoms with Crippen LogP contribution in [-0.4, -0.2) is 59.6 Å². The van der Waals surface area contributed by atoms with Gasteiger partial charge in [-0.05, 0) is 37.5 Å². The fraction of sp³-hybridized carbons (Fsp3) is 0.588. The van der Waals surface area contributed by atoms with E-state index in [-0.39, 0.29) is 17.8 Å². The third kappa shape index (κ3) is 3.01. The molecule has 5 heteroatoms. The molecule has 3 rings (SSSR count). The summed E-state index contributed by atoms with van der Waals surface area (Å²) in [7, 11) is 0. The number of aliphatic hydroxyl groups is 1. The first kappa shape index (κ1) is 15.4. The quantitative estimate of drug-likeness (QED) is 0.914. The maximum atomic E-state index is 13.1. The first-order valence-corrected chi connectivity index (χ1v) is 7.97. The first-order chi connectivity index (χ1) is 10.5. The highest BCUT2D eigenvalue weighted by Gasteiger charge is 2.53. The van der Waals surface area contributed by atoms with Crippen LogP contribution in [0, 0.1) is 5.82 Å². The molecule has 22 heavy (non-hydrogen) atoms. The van der Waals surface area contributed by atoms with Crippen molar-refractivity contribution in [3.8, 4) is 0 Å². The molecule has 0 radical (unpaired) electrons. The minimum atomic E-state index is -0.417. The summed E-state index contributed by atoms with van der Waals surface area (Å²) >= 11 is 0. The van der Waals surface area contributed by atoms with E-state index in [0.717, 1.165) is 31.5 Å². The van der Waals surface area contributed by atoms with Crippen LogP contribution in [0.5, 0.6) is 0 Å². The van der Waals surface area contributed by atoms with Crippen molar-refractivity contribution in [2.45, 2.75) is 31.3 Å². The highest BCUT2D eigenvalue weighted by molar-refractivity contribution is 5.91. The summed E-state index contributed by atoms with van der Waals surface area (Å²) in [5.74, 6) is -0.0884.